The van der Waals surface area contributed by atoms with Crippen LogP contribution in [0.3, 0.4) is 0 Å². The van der Waals surface area contributed by atoms with E-state index in [1.165, 1.54) is 11.1 Å². The normalized spacial score (nSPS) is 24.4. The summed E-state index contributed by atoms with van der Waals surface area (Å²) in [6.07, 6.45) is 0.356. The molecule has 3 nitrogen and oxygen atoms in total. The Balaban J connectivity index is 2.09. The molecule has 0 N–H and O–H groups in total. The van der Waals surface area contributed by atoms with Crippen LogP contribution in [0.5, 0.6) is 5.75 Å². The second-order valence-electron chi connectivity index (χ2n) is 5.23. The van der Waals surface area contributed by atoms with Gasteiger partial charge in [-0.3, -0.25) is 4.90 Å². The Bertz CT molecular complexity index is 425. The summed E-state index contributed by atoms with van der Waals surface area (Å²) in [7, 11) is 1.72. The standard InChI is InChI=1S/C15H22ClNO2/c1-11-4-5-15(18-3)13(6-11)9-17-8-12(2)19-14(7-16)10-17/h4-6,12,14H,7-10H2,1-3H3. The summed E-state index contributed by atoms with van der Waals surface area (Å²) in [6, 6.07) is 6.30. The number of ether oxygens (including phenoxy) is 2. The highest BCUT2D eigenvalue weighted by molar-refractivity contribution is 6.18. The Morgan fingerprint density at radius 2 is 2.21 bits per heavy atom. The molecule has 0 amide bonds. The molecule has 1 heterocycles. The Labute approximate surface area is 120 Å². The number of halogens is 1. The predicted molar refractivity (Wildman–Crippen MR) is 78.1 cm³/mol. The SMILES string of the molecule is COc1ccc(C)cc1CN1CC(C)OC(CCl)C1. The van der Waals surface area contributed by atoms with Gasteiger partial charge < -0.3 is 9.47 Å². The Morgan fingerprint density at radius 1 is 1.42 bits per heavy atom. The van der Waals surface area contributed by atoms with E-state index in [4.69, 9.17) is 21.1 Å². The molecule has 0 spiro atoms. The Kier molecular flexibility index (Phi) is 5.08. The van der Waals surface area contributed by atoms with Gasteiger partial charge in [0.15, 0.2) is 0 Å². The average Bonchev–Trinajstić information content (AvgIpc) is 2.38. The maximum atomic E-state index is 5.92. The van der Waals surface area contributed by atoms with Crippen LogP contribution < -0.4 is 4.74 Å². The van der Waals surface area contributed by atoms with Crippen molar-refractivity contribution in [1.82, 2.24) is 4.90 Å². The van der Waals surface area contributed by atoms with Gasteiger partial charge in [0.25, 0.3) is 0 Å². The molecule has 1 fully saturated rings. The van der Waals surface area contributed by atoms with E-state index in [0.717, 1.165) is 25.4 Å². The molecule has 0 bridgehead atoms. The highest BCUT2D eigenvalue weighted by Crippen LogP contribution is 2.23. The lowest BCUT2D eigenvalue weighted by Gasteiger charge is -2.36. The molecule has 19 heavy (non-hydrogen) atoms. The van der Waals surface area contributed by atoms with Crippen molar-refractivity contribution in [3.05, 3.63) is 29.3 Å². The van der Waals surface area contributed by atoms with Gasteiger partial charge in [-0.15, -0.1) is 11.6 Å². The molecule has 106 valence electrons. The van der Waals surface area contributed by atoms with E-state index in [0.29, 0.717) is 5.88 Å². The minimum atomic E-state index is 0.126. The largest absolute Gasteiger partial charge is 0.496 e. The molecule has 1 saturated heterocycles. The molecule has 1 aliphatic heterocycles. The molecule has 2 rings (SSSR count). The van der Waals surface area contributed by atoms with Crippen molar-refractivity contribution in [2.24, 2.45) is 0 Å². The number of rotatable bonds is 4. The number of hydrogen-bond acceptors (Lipinski definition) is 3. The fourth-order valence-corrected chi connectivity index (χ4v) is 2.80. The lowest BCUT2D eigenvalue weighted by molar-refractivity contribution is -0.0690. The number of hydrogen-bond donors (Lipinski definition) is 0. The van der Waals surface area contributed by atoms with Gasteiger partial charge in [-0.25, -0.2) is 0 Å². The molecule has 2 atom stereocenters. The van der Waals surface area contributed by atoms with Crippen LogP contribution in [-0.4, -0.2) is 43.2 Å². The van der Waals surface area contributed by atoms with Gasteiger partial charge >= 0.3 is 0 Å². The number of methoxy groups -OCH3 is 1. The molecule has 0 radical (unpaired) electrons. The third kappa shape index (κ3) is 3.85. The molecule has 0 aromatic heterocycles. The smallest absolute Gasteiger partial charge is 0.123 e. The van der Waals surface area contributed by atoms with Crippen LogP contribution in [0.15, 0.2) is 18.2 Å². The van der Waals surface area contributed by atoms with Gasteiger partial charge in [-0.2, -0.15) is 0 Å². The van der Waals surface area contributed by atoms with Gasteiger partial charge in [0.1, 0.15) is 5.75 Å². The first-order chi connectivity index (χ1) is 9.12. The molecule has 4 heteroatoms. The fourth-order valence-electron chi connectivity index (χ4n) is 2.63. The van der Waals surface area contributed by atoms with Crippen LogP contribution in [0.4, 0.5) is 0 Å². The molecule has 1 aromatic rings. The zero-order valence-corrected chi connectivity index (χ0v) is 12.6. The van der Waals surface area contributed by atoms with E-state index < -0.39 is 0 Å². The van der Waals surface area contributed by atoms with Crippen LogP contribution in [0.1, 0.15) is 18.1 Å². The van der Waals surface area contributed by atoms with Crippen LogP contribution in [0, 0.1) is 6.92 Å². The van der Waals surface area contributed by atoms with Crippen LogP contribution in [0.2, 0.25) is 0 Å². The Morgan fingerprint density at radius 3 is 2.89 bits per heavy atom. The van der Waals surface area contributed by atoms with Crippen molar-refractivity contribution < 1.29 is 9.47 Å². The number of nitrogens with zero attached hydrogens (tertiary/aromatic N) is 1. The summed E-state index contributed by atoms with van der Waals surface area (Å²) >= 11 is 5.92. The van der Waals surface area contributed by atoms with Crippen molar-refractivity contribution in [2.45, 2.75) is 32.6 Å². The first-order valence-electron chi connectivity index (χ1n) is 6.69. The van der Waals surface area contributed by atoms with Crippen LogP contribution in [0.25, 0.3) is 0 Å². The van der Waals surface area contributed by atoms with Crippen LogP contribution in [-0.2, 0) is 11.3 Å². The van der Waals surface area contributed by atoms with Crippen molar-refractivity contribution >= 4 is 11.6 Å². The average molecular weight is 284 g/mol. The monoisotopic (exact) mass is 283 g/mol. The third-order valence-electron chi connectivity index (χ3n) is 3.40. The summed E-state index contributed by atoms with van der Waals surface area (Å²) in [6.45, 7) is 6.90. The molecular formula is C15H22ClNO2. The second-order valence-corrected chi connectivity index (χ2v) is 5.54. The maximum Gasteiger partial charge on any atom is 0.123 e. The van der Waals surface area contributed by atoms with Gasteiger partial charge in [0, 0.05) is 31.1 Å². The molecule has 1 aliphatic rings. The zero-order valence-electron chi connectivity index (χ0n) is 11.9. The maximum absolute atomic E-state index is 5.92. The summed E-state index contributed by atoms with van der Waals surface area (Å²) in [4.78, 5) is 2.39. The molecule has 0 saturated carbocycles. The number of aryl methyl sites for hydroxylation is 1. The van der Waals surface area contributed by atoms with Gasteiger partial charge in [0.2, 0.25) is 0 Å². The van der Waals surface area contributed by atoms with Crippen molar-refractivity contribution in [3.8, 4) is 5.75 Å². The van der Waals surface area contributed by atoms with E-state index in [1.807, 2.05) is 6.07 Å². The summed E-state index contributed by atoms with van der Waals surface area (Å²) < 4.78 is 11.2. The van der Waals surface area contributed by atoms with Gasteiger partial charge in [-0.05, 0) is 19.9 Å². The quantitative estimate of drug-likeness (QED) is 0.793. The van der Waals surface area contributed by atoms with E-state index in [9.17, 15) is 0 Å². The van der Waals surface area contributed by atoms with Crippen molar-refractivity contribution in [3.63, 3.8) is 0 Å². The fraction of sp³-hybridized carbons (Fsp3) is 0.600. The summed E-state index contributed by atoms with van der Waals surface area (Å²) in [5.41, 5.74) is 2.48. The van der Waals surface area contributed by atoms with E-state index >= 15 is 0 Å². The topological polar surface area (TPSA) is 21.7 Å². The van der Waals surface area contributed by atoms with Gasteiger partial charge in [0.05, 0.1) is 19.3 Å². The summed E-state index contributed by atoms with van der Waals surface area (Å²) in [5, 5.41) is 0. The molecule has 2 unspecified atom stereocenters. The van der Waals surface area contributed by atoms with E-state index in [1.54, 1.807) is 7.11 Å². The summed E-state index contributed by atoms with van der Waals surface area (Å²) in [5.74, 6) is 1.50. The third-order valence-corrected chi connectivity index (χ3v) is 3.75. The minimum absolute atomic E-state index is 0.126. The molecular weight excluding hydrogens is 262 g/mol. The Hall–Kier alpha value is -0.770. The van der Waals surface area contributed by atoms with Crippen molar-refractivity contribution in [2.75, 3.05) is 26.1 Å². The van der Waals surface area contributed by atoms with E-state index in [-0.39, 0.29) is 12.2 Å². The lowest BCUT2D eigenvalue weighted by Crippen LogP contribution is -2.46. The number of morpholine rings is 1. The number of alkyl halides is 1. The van der Waals surface area contributed by atoms with Crippen molar-refractivity contribution in [1.29, 1.82) is 0 Å². The minimum Gasteiger partial charge on any atom is -0.496 e. The van der Waals surface area contributed by atoms with E-state index in [2.05, 4.69) is 30.9 Å². The van der Waals surface area contributed by atoms with Gasteiger partial charge in [-0.1, -0.05) is 17.7 Å². The van der Waals surface area contributed by atoms with Crippen LogP contribution >= 0.6 is 11.6 Å². The zero-order chi connectivity index (χ0) is 13.8. The second kappa shape index (κ2) is 6.60. The molecule has 1 aromatic carbocycles. The first-order valence-corrected chi connectivity index (χ1v) is 7.23. The number of benzene rings is 1. The first kappa shape index (κ1) is 14.6. The predicted octanol–water partition coefficient (Wildman–Crippen LogP) is 2.83. The highest BCUT2D eigenvalue weighted by atomic mass is 35.5. The lowest BCUT2D eigenvalue weighted by atomic mass is 10.1. The highest BCUT2D eigenvalue weighted by Gasteiger charge is 2.25. The molecule has 0 aliphatic carbocycles.